The van der Waals surface area contributed by atoms with Crippen LogP contribution in [-0.2, 0) is 22.4 Å². The Kier molecular flexibility index (Phi) is 5.26. The predicted molar refractivity (Wildman–Crippen MR) is 77.9 cm³/mol. The molecule has 0 aromatic carbocycles. The maximum Gasteiger partial charge on any atom is 0.322 e. The molecule has 0 spiro atoms. The number of urea groups is 1. The number of thiazole rings is 1. The van der Waals surface area contributed by atoms with Crippen molar-refractivity contribution in [2.24, 2.45) is 0 Å². The van der Waals surface area contributed by atoms with Gasteiger partial charge in [0.15, 0.2) is 0 Å². The molecule has 21 heavy (non-hydrogen) atoms. The van der Waals surface area contributed by atoms with Gasteiger partial charge < -0.3 is 10.6 Å². The smallest absolute Gasteiger partial charge is 0.322 e. The molecule has 1 aliphatic rings. The molecule has 3 N–H and O–H groups in total. The molecule has 1 fully saturated rings. The molecule has 114 valence electrons. The van der Waals surface area contributed by atoms with Gasteiger partial charge in [-0.15, -0.1) is 11.3 Å². The second kappa shape index (κ2) is 7.16. The summed E-state index contributed by atoms with van der Waals surface area (Å²) in [6, 6.07) is -1.29. The van der Waals surface area contributed by atoms with Gasteiger partial charge in [-0.05, 0) is 12.8 Å². The lowest BCUT2D eigenvalue weighted by Crippen LogP contribution is -2.48. The number of nitrogens with zero attached hydrogens (tertiary/aromatic N) is 1. The van der Waals surface area contributed by atoms with Crippen LogP contribution in [0.1, 0.15) is 30.5 Å². The summed E-state index contributed by atoms with van der Waals surface area (Å²) in [6.07, 6.45) is 2.02. The maximum absolute atomic E-state index is 12.0. The molecule has 0 bridgehead atoms. The summed E-state index contributed by atoms with van der Waals surface area (Å²) in [6.45, 7) is 2.51. The van der Waals surface area contributed by atoms with E-state index in [0.717, 1.165) is 17.1 Å². The molecule has 1 saturated heterocycles. The molecule has 8 heteroatoms. The Morgan fingerprint density at radius 3 is 3.05 bits per heavy atom. The highest BCUT2D eigenvalue weighted by Gasteiger charge is 2.25. The predicted octanol–water partition coefficient (Wildman–Crippen LogP) is 0.352. The number of aromatic nitrogens is 1. The van der Waals surface area contributed by atoms with Crippen LogP contribution in [0.25, 0.3) is 0 Å². The van der Waals surface area contributed by atoms with Crippen LogP contribution in [0.4, 0.5) is 4.79 Å². The summed E-state index contributed by atoms with van der Waals surface area (Å²) in [5, 5.41) is 10.4. The Labute approximate surface area is 126 Å². The fourth-order valence-electron chi connectivity index (χ4n) is 1.97. The first-order valence-electron chi connectivity index (χ1n) is 6.90. The minimum Gasteiger partial charge on any atom is -0.354 e. The van der Waals surface area contributed by atoms with Crippen molar-refractivity contribution in [3.8, 4) is 0 Å². The highest BCUT2D eigenvalue weighted by atomic mass is 32.1. The normalized spacial score (nSPS) is 18.6. The Balaban J connectivity index is 1.78. The van der Waals surface area contributed by atoms with Crippen molar-refractivity contribution in [1.29, 1.82) is 0 Å². The third kappa shape index (κ3) is 4.52. The number of nitrogens with one attached hydrogen (secondary N) is 3. The number of aryl methyl sites for hydroxylation is 1. The molecule has 0 aliphatic carbocycles. The van der Waals surface area contributed by atoms with Gasteiger partial charge in [0, 0.05) is 24.8 Å². The van der Waals surface area contributed by atoms with Crippen LogP contribution in [0.15, 0.2) is 5.38 Å². The molecule has 1 aliphatic heterocycles. The van der Waals surface area contributed by atoms with Crippen molar-refractivity contribution >= 4 is 29.2 Å². The van der Waals surface area contributed by atoms with E-state index in [2.05, 4.69) is 20.9 Å². The number of hydrogen-bond donors (Lipinski definition) is 3. The molecule has 4 amide bonds. The zero-order chi connectivity index (χ0) is 15.2. The van der Waals surface area contributed by atoms with Crippen LogP contribution < -0.4 is 16.0 Å². The molecule has 1 atom stereocenters. The molecule has 1 aromatic rings. The van der Waals surface area contributed by atoms with Gasteiger partial charge in [-0.1, -0.05) is 6.92 Å². The van der Waals surface area contributed by atoms with Gasteiger partial charge in [0.2, 0.25) is 11.8 Å². The minimum atomic E-state index is -0.668. The fourth-order valence-corrected chi connectivity index (χ4v) is 2.85. The zero-order valence-electron chi connectivity index (χ0n) is 11.8. The quantitative estimate of drug-likeness (QED) is 0.730. The first-order chi connectivity index (χ1) is 10.1. The first kappa shape index (κ1) is 15.4. The Morgan fingerprint density at radius 2 is 2.33 bits per heavy atom. The van der Waals surface area contributed by atoms with Crippen molar-refractivity contribution in [2.45, 2.75) is 38.6 Å². The second-order valence-electron chi connectivity index (χ2n) is 4.74. The van der Waals surface area contributed by atoms with Gasteiger partial charge in [0.05, 0.1) is 10.7 Å². The number of amides is 4. The lowest BCUT2D eigenvalue weighted by atomic mass is 10.1. The number of rotatable bonds is 5. The van der Waals surface area contributed by atoms with Gasteiger partial charge in [-0.3, -0.25) is 14.9 Å². The van der Waals surface area contributed by atoms with Gasteiger partial charge in [0.1, 0.15) is 6.04 Å². The molecule has 2 rings (SSSR count). The molecule has 0 unspecified atom stereocenters. The molecular weight excluding hydrogens is 292 g/mol. The maximum atomic E-state index is 12.0. The SMILES string of the molecule is CCc1csc(CCNC(=O)[C@@H]2CCC(=O)NC(=O)N2)n1. The van der Waals surface area contributed by atoms with E-state index < -0.39 is 12.1 Å². The molecule has 2 heterocycles. The van der Waals surface area contributed by atoms with E-state index in [4.69, 9.17) is 0 Å². The van der Waals surface area contributed by atoms with Crippen molar-refractivity contribution < 1.29 is 14.4 Å². The summed E-state index contributed by atoms with van der Waals surface area (Å²) >= 11 is 1.58. The standard InChI is InChI=1S/C13H18N4O3S/c1-2-8-7-21-11(15-8)5-6-14-12(19)9-3-4-10(18)17-13(20)16-9/h7,9H,2-6H2,1H3,(H,14,19)(H2,16,17,18,20)/t9-/m0/s1. The van der Waals surface area contributed by atoms with Crippen LogP contribution in [-0.4, -0.2) is 35.4 Å². The van der Waals surface area contributed by atoms with Crippen LogP contribution in [0.3, 0.4) is 0 Å². The third-order valence-corrected chi connectivity index (χ3v) is 4.09. The fraction of sp³-hybridized carbons (Fsp3) is 0.538. The van der Waals surface area contributed by atoms with Crippen molar-refractivity contribution in [1.82, 2.24) is 20.9 Å². The average Bonchev–Trinajstić information content (AvgIpc) is 2.83. The minimum absolute atomic E-state index is 0.156. The summed E-state index contributed by atoms with van der Waals surface area (Å²) in [5.74, 6) is -0.634. The lowest BCUT2D eigenvalue weighted by molar-refractivity contribution is -0.123. The number of hydrogen-bond acceptors (Lipinski definition) is 5. The second-order valence-corrected chi connectivity index (χ2v) is 5.68. The summed E-state index contributed by atoms with van der Waals surface area (Å²) in [7, 11) is 0. The van der Waals surface area contributed by atoms with Crippen LogP contribution in [0, 0.1) is 0 Å². The molecule has 0 radical (unpaired) electrons. The number of carbonyl (C=O) groups excluding carboxylic acids is 3. The number of imide groups is 1. The average molecular weight is 310 g/mol. The molecule has 1 aromatic heterocycles. The summed E-state index contributed by atoms with van der Waals surface area (Å²) in [4.78, 5) is 38.9. The Bertz CT molecular complexity index is 543. The van der Waals surface area contributed by atoms with Crippen molar-refractivity contribution in [3.63, 3.8) is 0 Å². The monoisotopic (exact) mass is 310 g/mol. The highest BCUT2D eigenvalue weighted by Crippen LogP contribution is 2.10. The van der Waals surface area contributed by atoms with E-state index in [-0.39, 0.29) is 18.2 Å². The Morgan fingerprint density at radius 1 is 1.52 bits per heavy atom. The van der Waals surface area contributed by atoms with E-state index in [9.17, 15) is 14.4 Å². The van der Waals surface area contributed by atoms with Crippen LogP contribution in [0.5, 0.6) is 0 Å². The van der Waals surface area contributed by atoms with Gasteiger partial charge in [-0.2, -0.15) is 0 Å². The third-order valence-electron chi connectivity index (χ3n) is 3.13. The Hall–Kier alpha value is -1.96. The van der Waals surface area contributed by atoms with Crippen LogP contribution in [0.2, 0.25) is 0 Å². The van der Waals surface area contributed by atoms with E-state index >= 15 is 0 Å². The van der Waals surface area contributed by atoms with Gasteiger partial charge >= 0.3 is 6.03 Å². The number of carbonyl (C=O) groups is 3. The van der Waals surface area contributed by atoms with E-state index in [1.54, 1.807) is 11.3 Å². The first-order valence-corrected chi connectivity index (χ1v) is 7.77. The molecule has 0 saturated carbocycles. The zero-order valence-corrected chi connectivity index (χ0v) is 12.6. The van der Waals surface area contributed by atoms with Crippen molar-refractivity contribution in [2.75, 3.05) is 6.54 Å². The largest absolute Gasteiger partial charge is 0.354 e. The molecule has 7 nitrogen and oxygen atoms in total. The molecular formula is C13H18N4O3S. The van der Waals surface area contributed by atoms with E-state index in [0.29, 0.717) is 19.4 Å². The van der Waals surface area contributed by atoms with E-state index in [1.165, 1.54) is 0 Å². The van der Waals surface area contributed by atoms with E-state index in [1.807, 2.05) is 12.3 Å². The van der Waals surface area contributed by atoms with Crippen LogP contribution >= 0.6 is 11.3 Å². The van der Waals surface area contributed by atoms with Crippen molar-refractivity contribution in [3.05, 3.63) is 16.1 Å². The van der Waals surface area contributed by atoms with Gasteiger partial charge in [0.25, 0.3) is 0 Å². The lowest BCUT2D eigenvalue weighted by Gasteiger charge is -2.14. The summed E-state index contributed by atoms with van der Waals surface area (Å²) < 4.78 is 0. The van der Waals surface area contributed by atoms with Gasteiger partial charge in [-0.25, -0.2) is 9.78 Å². The highest BCUT2D eigenvalue weighted by molar-refractivity contribution is 7.09. The topological polar surface area (TPSA) is 100 Å². The summed E-state index contributed by atoms with van der Waals surface area (Å²) in [5.41, 5.74) is 1.06.